The van der Waals surface area contributed by atoms with Crippen molar-refractivity contribution in [2.75, 3.05) is 18.4 Å². The molecule has 3 aromatic heterocycles. The summed E-state index contributed by atoms with van der Waals surface area (Å²) in [6.07, 6.45) is 7.29. The topological polar surface area (TPSA) is 129 Å². The third-order valence-electron chi connectivity index (χ3n) is 7.10. The molecule has 34 heavy (non-hydrogen) atoms. The molecule has 0 radical (unpaired) electrons. The maximum atomic E-state index is 13.0. The maximum absolute atomic E-state index is 13.0. The van der Waals surface area contributed by atoms with Gasteiger partial charge in [0.25, 0.3) is 5.91 Å². The van der Waals surface area contributed by atoms with Crippen LogP contribution in [0.5, 0.6) is 0 Å². The Bertz CT molecular complexity index is 1320. The van der Waals surface area contributed by atoms with Crippen LogP contribution >= 0.6 is 0 Å². The van der Waals surface area contributed by atoms with Gasteiger partial charge in [0.05, 0.1) is 29.0 Å². The van der Waals surface area contributed by atoms with E-state index < -0.39 is 11.3 Å². The van der Waals surface area contributed by atoms with Gasteiger partial charge in [0.15, 0.2) is 0 Å². The van der Waals surface area contributed by atoms with Gasteiger partial charge in [-0.1, -0.05) is 13.0 Å². The first-order valence-corrected chi connectivity index (χ1v) is 11.6. The third kappa shape index (κ3) is 3.65. The van der Waals surface area contributed by atoms with Crippen LogP contribution in [0.2, 0.25) is 0 Å². The minimum absolute atomic E-state index is 0.0767. The van der Waals surface area contributed by atoms with E-state index >= 15 is 0 Å². The van der Waals surface area contributed by atoms with Crippen molar-refractivity contribution in [3.8, 4) is 17.2 Å². The van der Waals surface area contributed by atoms with Gasteiger partial charge in [0, 0.05) is 48.3 Å². The summed E-state index contributed by atoms with van der Waals surface area (Å²) in [7, 11) is 0. The van der Waals surface area contributed by atoms with E-state index in [4.69, 9.17) is 5.73 Å². The molecule has 2 fully saturated rings. The largest absolute Gasteiger partial charge is 0.378 e. The molecule has 3 N–H and O–H groups in total. The van der Waals surface area contributed by atoms with E-state index in [0.29, 0.717) is 37.2 Å². The van der Waals surface area contributed by atoms with E-state index in [1.807, 2.05) is 37.5 Å². The first kappa shape index (κ1) is 21.9. The van der Waals surface area contributed by atoms with Crippen molar-refractivity contribution in [2.24, 2.45) is 17.1 Å². The quantitative estimate of drug-likeness (QED) is 0.585. The number of primary amides is 1. The van der Waals surface area contributed by atoms with Crippen molar-refractivity contribution in [2.45, 2.75) is 39.2 Å². The van der Waals surface area contributed by atoms with Crippen molar-refractivity contribution >= 4 is 23.0 Å². The lowest BCUT2D eigenvalue weighted by atomic mass is 10.00. The van der Waals surface area contributed by atoms with Gasteiger partial charge in [-0.15, -0.1) is 0 Å². The smallest absolute Gasteiger partial charge is 0.252 e. The highest BCUT2D eigenvalue weighted by Crippen LogP contribution is 2.47. The number of rotatable bonds is 6. The minimum atomic E-state index is -0.839. The number of hydrogen-bond donors (Lipinski definition) is 2. The van der Waals surface area contributed by atoms with E-state index in [1.165, 1.54) is 6.20 Å². The van der Waals surface area contributed by atoms with Crippen LogP contribution in [0.15, 0.2) is 36.8 Å². The molecule has 0 bridgehead atoms. The van der Waals surface area contributed by atoms with Crippen LogP contribution in [-0.4, -0.2) is 50.4 Å². The van der Waals surface area contributed by atoms with Crippen LogP contribution in [0.1, 0.15) is 42.2 Å². The number of nitriles is 1. The van der Waals surface area contributed by atoms with Gasteiger partial charge in [-0.3, -0.25) is 14.6 Å². The predicted octanol–water partition coefficient (Wildman–Crippen LogP) is 2.76. The van der Waals surface area contributed by atoms with Gasteiger partial charge in [0.1, 0.15) is 5.41 Å². The van der Waals surface area contributed by atoms with Crippen LogP contribution in [0.25, 0.3) is 16.6 Å². The second-order valence-corrected chi connectivity index (χ2v) is 9.37. The summed E-state index contributed by atoms with van der Waals surface area (Å²) in [6, 6.07) is 8.03. The summed E-state index contributed by atoms with van der Waals surface area (Å²) in [6.45, 7) is 5.08. The molecular weight excluding hydrogens is 430 g/mol. The Labute approximate surface area is 197 Å². The molecule has 0 unspecified atom stereocenters. The number of anilines is 1. The van der Waals surface area contributed by atoms with Crippen LogP contribution in [0.3, 0.4) is 0 Å². The fourth-order valence-electron chi connectivity index (χ4n) is 4.79. The van der Waals surface area contributed by atoms with E-state index in [9.17, 15) is 14.9 Å². The summed E-state index contributed by atoms with van der Waals surface area (Å²) in [5, 5.41) is 17.4. The Balaban J connectivity index is 1.50. The molecule has 9 heteroatoms. The zero-order valence-electron chi connectivity index (χ0n) is 19.3. The highest BCUT2D eigenvalue weighted by molar-refractivity contribution is 6.02. The molecule has 5 rings (SSSR count). The molecule has 174 valence electrons. The lowest BCUT2D eigenvalue weighted by Crippen LogP contribution is -2.36. The Kier molecular flexibility index (Phi) is 5.24. The number of carbonyl (C=O) groups is 2. The molecule has 3 aromatic rings. The van der Waals surface area contributed by atoms with Crippen molar-refractivity contribution in [3.05, 3.63) is 48.0 Å². The maximum Gasteiger partial charge on any atom is 0.252 e. The SMILES string of the molecule is CC[C@@H]1CN(C(=O)C2(C#N)CC2)C[C@H]1Nc1c(C(N)=O)cnn2cc(-c3ccc(C)nc3)cc12. The molecule has 4 heterocycles. The number of carbonyl (C=O) groups excluding carboxylic acids is 2. The van der Waals surface area contributed by atoms with Crippen LogP contribution in [0, 0.1) is 29.6 Å². The Morgan fingerprint density at radius 3 is 2.68 bits per heavy atom. The molecule has 9 nitrogen and oxygen atoms in total. The van der Waals surface area contributed by atoms with Gasteiger partial charge >= 0.3 is 0 Å². The molecule has 1 aliphatic carbocycles. The normalized spacial score (nSPS) is 20.8. The second kappa shape index (κ2) is 8.13. The summed E-state index contributed by atoms with van der Waals surface area (Å²) in [5.74, 6) is -0.467. The number of nitrogens with zero attached hydrogens (tertiary/aromatic N) is 5. The lowest BCUT2D eigenvalue weighted by molar-refractivity contribution is -0.134. The first-order chi connectivity index (χ1) is 16.3. The van der Waals surface area contributed by atoms with E-state index in [0.717, 1.165) is 28.8 Å². The van der Waals surface area contributed by atoms with Crippen molar-refractivity contribution in [3.63, 3.8) is 0 Å². The number of nitrogens with one attached hydrogen (secondary N) is 1. The number of fused-ring (bicyclic) bond motifs is 1. The number of aryl methyl sites for hydroxylation is 1. The number of pyridine rings is 1. The lowest BCUT2D eigenvalue weighted by Gasteiger charge is -2.22. The standard InChI is InChI=1S/C25H27N7O2/c1-3-16-11-31(24(34)25(14-26)6-7-25)13-20(16)30-22-19(23(27)33)10-29-32-12-18(8-21(22)32)17-5-4-15(2)28-9-17/h4-5,8-10,12,16,20,30H,3,6-7,11,13H2,1-2H3,(H2,27,33)/t16-,20-/m1/s1. The minimum Gasteiger partial charge on any atom is -0.378 e. The molecule has 1 aliphatic heterocycles. The average Bonchev–Trinajstić information content (AvgIpc) is 3.34. The zero-order chi connectivity index (χ0) is 24.0. The molecule has 0 aromatic carbocycles. The molecule has 1 saturated carbocycles. The van der Waals surface area contributed by atoms with Crippen LogP contribution in [-0.2, 0) is 4.79 Å². The van der Waals surface area contributed by atoms with Crippen molar-refractivity contribution < 1.29 is 9.59 Å². The Hall–Kier alpha value is -3.93. The van der Waals surface area contributed by atoms with E-state index in [-0.39, 0.29) is 17.9 Å². The van der Waals surface area contributed by atoms with Gasteiger partial charge < -0.3 is 16.0 Å². The van der Waals surface area contributed by atoms with Gasteiger partial charge in [-0.2, -0.15) is 10.4 Å². The summed E-state index contributed by atoms with van der Waals surface area (Å²) in [4.78, 5) is 31.4. The number of likely N-dealkylation sites (tertiary alicyclic amines) is 1. The van der Waals surface area contributed by atoms with Crippen LogP contribution in [0.4, 0.5) is 5.69 Å². The predicted molar refractivity (Wildman–Crippen MR) is 127 cm³/mol. The zero-order valence-corrected chi connectivity index (χ0v) is 19.3. The summed E-state index contributed by atoms with van der Waals surface area (Å²) < 4.78 is 1.72. The fraction of sp³-hybridized carbons (Fsp3) is 0.400. The summed E-state index contributed by atoms with van der Waals surface area (Å²) in [5.41, 5.74) is 9.29. The molecule has 2 amide bonds. The fourth-order valence-corrected chi connectivity index (χ4v) is 4.79. The highest BCUT2D eigenvalue weighted by atomic mass is 16.2. The molecule has 2 aliphatic rings. The van der Waals surface area contributed by atoms with Gasteiger partial charge in [-0.25, -0.2) is 4.52 Å². The van der Waals surface area contributed by atoms with Gasteiger partial charge in [0.2, 0.25) is 5.91 Å². The summed E-state index contributed by atoms with van der Waals surface area (Å²) >= 11 is 0. The van der Waals surface area contributed by atoms with Gasteiger partial charge in [-0.05, 0) is 44.2 Å². The first-order valence-electron chi connectivity index (χ1n) is 11.6. The molecule has 0 spiro atoms. The number of nitrogens with two attached hydrogens (primary N) is 1. The van der Waals surface area contributed by atoms with Crippen molar-refractivity contribution in [1.29, 1.82) is 5.26 Å². The Morgan fingerprint density at radius 1 is 1.26 bits per heavy atom. The second-order valence-electron chi connectivity index (χ2n) is 9.37. The van der Waals surface area contributed by atoms with Crippen LogP contribution < -0.4 is 11.1 Å². The number of aromatic nitrogens is 3. The molecular formula is C25H27N7O2. The third-order valence-corrected chi connectivity index (χ3v) is 7.10. The monoisotopic (exact) mass is 457 g/mol. The van der Waals surface area contributed by atoms with Crippen molar-refractivity contribution in [1.82, 2.24) is 19.5 Å². The highest BCUT2D eigenvalue weighted by Gasteiger charge is 2.54. The molecule has 1 saturated heterocycles. The van der Waals surface area contributed by atoms with E-state index in [1.54, 1.807) is 9.42 Å². The Morgan fingerprint density at radius 2 is 2.06 bits per heavy atom. The number of hydrogen-bond acceptors (Lipinski definition) is 6. The average molecular weight is 458 g/mol. The number of amides is 2. The molecule has 2 atom stereocenters. The van der Waals surface area contributed by atoms with E-state index in [2.05, 4.69) is 28.4 Å².